The lowest BCUT2D eigenvalue weighted by atomic mass is 10.4. The first-order chi connectivity index (χ1) is 10.5. The van der Waals surface area contributed by atoms with Crippen LogP contribution < -0.4 is 0 Å². The van der Waals surface area contributed by atoms with Crippen molar-refractivity contribution in [2.24, 2.45) is 0 Å². The summed E-state index contributed by atoms with van der Waals surface area (Å²) in [7, 11) is 0.500. The van der Waals surface area contributed by atoms with Crippen LogP contribution in [0.3, 0.4) is 0 Å². The topological polar surface area (TPSA) is 18.5 Å². The van der Waals surface area contributed by atoms with E-state index in [9.17, 15) is 52.8 Å². The zero-order chi connectivity index (χ0) is 19.9. The van der Waals surface area contributed by atoms with Crippen LogP contribution in [0.15, 0.2) is 0 Å². The number of hydrogen-bond acceptors (Lipinski definition) is 2. The van der Waals surface area contributed by atoms with Gasteiger partial charge in [0, 0.05) is 0 Å². The third kappa shape index (κ3) is 75.5. The van der Waals surface area contributed by atoms with E-state index in [1.165, 1.54) is 0 Å². The van der Waals surface area contributed by atoms with Crippen LogP contribution in [-0.4, -0.2) is 53.2 Å². The van der Waals surface area contributed by atoms with E-state index < -0.39 is 46.0 Å². The van der Waals surface area contributed by atoms with E-state index in [4.69, 9.17) is 0 Å². The van der Waals surface area contributed by atoms with Gasteiger partial charge in [-0.1, -0.05) is 0 Å². The Morgan fingerprint density at radius 2 is 1.04 bits per heavy atom. The molecule has 23 heavy (non-hydrogen) atoms. The minimum Gasteiger partial charge on any atom is -0.334 e. The lowest BCUT2D eigenvalue weighted by molar-refractivity contribution is -0.235. The van der Waals surface area contributed by atoms with Crippen LogP contribution in [0.25, 0.3) is 0 Å². The molecule has 0 N–H and O–H groups in total. The lowest BCUT2D eigenvalue weighted by Crippen LogP contribution is -2.31. The minimum absolute atomic E-state index is 0.500. The van der Waals surface area contributed by atoms with Gasteiger partial charge >= 0.3 is 6.18 Å². The fourth-order valence-electron chi connectivity index (χ4n) is 0.271. The van der Waals surface area contributed by atoms with Gasteiger partial charge in [-0.3, -0.25) is 4.39 Å². The molecule has 148 valence electrons. The second kappa shape index (κ2) is 26.0. The van der Waals surface area contributed by atoms with E-state index >= 15 is 0 Å². The summed E-state index contributed by atoms with van der Waals surface area (Å²) in [4.78, 5) is 2.38. The van der Waals surface area contributed by atoms with E-state index in [1.54, 1.807) is 0 Å². The van der Waals surface area contributed by atoms with Crippen molar-refractivity contribution < 1.29 is 62.5 Å². The number of hydrogen-bond donors (Lipinski definition) is 0. The van der Waals surface area contributed by atoms with Gasteiger partial charge in [-0.25, -0.2) is 30.7 Å². The van der Waals surface area contributed by atoms with Crippen molar-refractivity contribution in [3.8, 4) is 0 Å². The highest BCUT2D eigenvalue weighted by Crippen LogP contribution is 2.20. The molecule has 0 aliphatic carbocycles. The van der Waals surface area contributed by atoms with Gasteiger partial charge in [-0.2, -0.15) is 18.1 Å². The molecule has 0 aliphatic heterocycles. The van der Waals surface area contributed by atoms with E-state index in [0.717, 1.165) is 0 Å². The molecule has 0 bridgehead atoms. The molecule has 0 saturated carbocycles. The second-order valence-corrected chi connectivity index (χ2v) is 2.56. The Bertz CT molecular complexity index is 174. The Hall–Kier alpha value is -0.920. The zero-order valence-electron chi connectivity index (χ0n) is 11.9. The summed E-state index contributed by atoms with van der Waals surface area (Å²) in [6.45, 7) is -7.62. The average molecular weight is 384 g/mol. The van der Waals surface area contributed by atoms with Crippen molar-refractivity contribution >= 4 is 0 Å². The first-order valence-electron chi connectivity index (χ1n) is 4.88. The molecule has 0 fully saturated rings. The van der Waals surface area contributed by atoms with Crippen LogP contribution in [0, 0.1) is 0 Å². The normalized spacial score (nSPS) is 11.7. The largest absolute Gasteiger partial charge is 0.411 e. The molecule has 0 aromatic carbocycles. The molecule has 1 atom stereocenters. The Morgan fingerprint density at radius 3 is 1.17 bits per heavy atom. The first kappa shape index (κ1) is 33.6. The van der Waals surface area contributed by atoms with Crippen LogP contribution in [0.5, 0.6) is 0 Å². The van der Waals surface area contributed by atoms with E-state index in [-0.39, 0.29) is 0 Å². The van der Waals surface area contributed by atoms with Gasteiger partial charge in [0.25, 0.3) is 0 Å². The summed E-state index contributed by atoms with van der Waals surface area (Å²) in [5.41, 5.74) is 0. The molecule has 0 saturated heterocycles. The number of halogens is 12. The maximum absolute atomic E-state index is 12.3. The summed E-state index contributed by atoms with van der Waals surface area (Å²) in [6.07, 6.45) is -4.62. The summed E-state index contributed by atoms with van der Waals surface area (Å²) < 4.78 is 129. The number of ether oxygens (including phenoxy) is 1. The van der Waals surface area contributed by atoms with Gasteiger partial charge in [0.15, 0.2) is 0 Å². The first-order valence-corrected chi connectivity index (χ1v) is 4.88. The fourth-order valence-corrected chi connectivity index (χ4v) is 0.271. The van der Waals surface area contributed by atoms with E-state index in [0.29, 0.717) is 14.1 Å². The molecule has 0 aromatic rings. The van der Waals surface area contributed by atoms with Crippen LogP contribution >= 0.6 is 0 Å². The van der Waals surface area contributed by atoms with Crippen LogP contribution in [0.2, 0.25) is 0 Å². The highest BCUT2D eigenvalue weighted by atomic mass is 19.4. The summed E-state index contributed by atoms with van der Waals surface area (Å²) in [5, 5.41) is 0. The molecule has 2 nitrogen and oxygen atoms in total. The average Bonchev–Trinajstić information content (AvgIpc) is 2.49. The Morgan fingerprint density at radius 1 is 0.783 bits per heavy atom. The lowest BCUT2D eigenvalue weighted by Gasteiger charge is -2.17. The van der Waals surface area contributed by atoms with Gasteiger partial charge in [0.1, 0.15) is 13.3 Å². The monoisotopic (exact) mass is 384 g/mol. The Balaban J connectivity index is -0.0000000743. The molecule has 0 radical (unpaired) electrons. The fraction of sp³-hybridized carbons (Fsp3) is 1.00. The highest BCUT2D eigenvalue weighted by Gasteiger charge is 2.34. The molecule has 0 amide bonds. The maximum atomic E-state index is 12.3. The maximum Gasteiger partial charge on any atom is 0.411 e. The predicted octanol–water partition coefficient (Wildman–Crippen LogP) is 5.39. The molecule has 1 unspecified atom stereocenters. The molecular weight excluding hydrogens is 368 g/mol. The van der Waals surface area contributed by atoms with Gasteiger partial charge in [0.2, 0.25) is 26.6 Å². The van der Waals surface area contributed by atoms with Crippen molar-refractivity contribution in [2.45, 2.75) is 19.0 Å². The predicted molar refractivity (Wildman–Crippen MR) is 56.9 cm³/mol. The summed E-state index contributed by atoms with van der Waals surface area (Å²) in [6, 6.07) is 0. The van der Waals surface area contributed by atoms with E-state index in [2.05, 4.69) is 9.68 Å². The molecule has 0 spiro atoms. The smallest absolute Gasteiger partial charge is 0.334 e. The molecular formula is C9H16F12O2. The standard InChI is InChI=1S/C5H7F5O.CH2F2O.2CH2F2.CH3F/c1-4(7,2-6)11-3-5(8,9)10;2-1-4-3;2*2-1-3;1-2/h2-3H2,1H3;1H2;2*1H2;1H3. The van der Waals surface area contributed by atoms with E-state index in [1.807, 2.05) is 0 Å². The molecule has 0 aliphatic rings. The number of rotatable bonds is 4. The third-order valence-electron chi connectivity index (χ3n) is 0.817. The molecule has 0 heterocycles. The highest BCUT2D eigenvalue weighted by molar-refractivity contribution is 4.59. The summed E-state index contributed by atoms with van der Waals surface area (Å²) in [5.74, 6) is -2.84. The van der Waals surface area contributed by atoms with Crippen molar-refractivity contribution in [1.29, 1.82) is 0 Å². The van der Waals surface area contributed by atoms with Gasteiger partial charge in [-0.05, 0) is 11.4 Å². The van der Waals surface area contributed by atoms with Gasteiger partial charge in [-0.15, -0.1) is 0 Å². The van der Waals surface area contributed by atoms with Crippen LogP contribution in [-0.2, 0) is 9.68 Å². The van der Waals surface area contributed by atoms with Crippen LogP contribution in [0.1, 0.15) is 6.92 Å². The van der Waals surface area contributed by atoms with Crippen LogP contribution in [0.4, 0.5) is 52.8 Å². The van der Waals surface area contributed by atoms with Crippen molar-refractivity contribution in [3.63, 3.8) is 0 Å². The second-order valence-electron chi connectivity index (χ2n) is 2.56. The van der Waals surface area contributed by atoms with Gasteiger partial charge in [0.05, 0.1) is 7.18 Å². The van der Waals surface area contributed by atoms with Crippen molar-refractivity contribution in [1.82, 2.24) is 0 Å². The quantitative estimate of drug-likeness (QED) is 0.606. The Labute approximate surface area is 124 Å². The molecule has 0 rings (SSSR count). The summed E-state index contributed by atoms with van der Waals surface area (Å²) >= 11 is 0. The molecule has 14 heteroatoms. The SMILES string of the molecule is CC(F)(CF)OCC(F)(F)F.CF.FCF.FCF.FCOF. The number of alkyl halides is 11. The van der Waals surface area contributed by atoms with Crippen molar-refractivity contribution in [2.75, 3.05) is 41.2 Å². The minimum atomic E-state index is -4.62. The molecule has 0 aromatic heterocycles. The zero-order valence-corrected chi connectivity index (χ0v) is 11.9. The Kier molecular flexibility index (Phi) is 38.0. The van der Waals surface area contributed by atoms with Gasteiger partial charge < -0.3 is 4.74 Å². The van der Waals surface area contributed by atoms with Crippen molar-refractivity contribution in [3.05, 3.63) is 0 Å². The third-order valence-corrected chi connectivity index (χ3v) is 0.817.